The van der Waals surface area contributed by atoms with Crippen molar-refractivity contribution in [2.75, 3.05) is 13.2 Å². The second kappa shape index (κ2) is 3.50. The fourth-order valence-corrected chi connectivity index (χ4v) is 1.80. The predicted octanol–water partition coefficient (Wildman–Crippen LogP) is 1.79. The minimum Gasteiger partial charge on any atom is -0.486 e. The first-order valence-electron chi connectivity index (χ1n) is 4.85. The van der Waals surface area contributed by atoms with E-state index in [0.717, 1.165) is 22.6 Å². The van der Waals surface area contributed by atoms with Gasteiger partial charge in [0.05, 0.1) is 0 Å². The molecule has 1 aromatic rings. The largest absolute Gasteiger partial charge is 0.486 e. The molecule has 0 amide bonds. The molecule has 1 atom stereocenters. The van der Waals surface area contributed by atoms with Crippen LogP contribution in [0.25, 0.3) is 0 Å². The molecule has 0 fully saturated rings. The average Bonchev–Trinajstić information content (AvgIpc) is 2.17. The molecule has 0 spiro atoms. The lowest BCUT2D eigenvalue weighted by molar-refractivity contribution is 0.169. The lowest BCUT2D eigenvalue weighted by atomic mass is 10.0. The van der Waals surface area contributed by atoms with Crippen molar-refractivity contribution in [2.24, 2.45) is 5.73 Å². The number of ether oxygens (including phenoxy) is 2. The maximum absolute atomic E-state index is 5.90. The van der Waals surface area contributed by atoms with Gasteiger partial charge in [0, 0.05) is 11.6 Å². The Morgan fingerprint density at radius 2 is 2.00 bits per heavy atom. The Balaban J connectivity index is 2.55. The summed E-state index contributed by atoms with van der Waals surface area (Å²) in [5, 5.41) is 0. The van der Waals surface area contributed by atoms with Crippen molar-refractivity contribution in [2.45, 2.75) is 19.9 Å². The SMILES string of the molecule is Cc1ccc2c(c1C(C)N)OCCO2. The number of hydrogen-bond donors (Lipinski definition) is 1. The van der Waals surface area contributed by atoms with Crippen LogP contribution in [0.5, 0.6) is 11.5 Å². The van der Waals surface area contributed by atoms with Crippen LogP contribution in [-0.4, -0.2) is 13.2 Å². The second-order valence-corrected chi connectivity index (χ2v) is 3.61. The highest BCUT2D eigenvalue weighted by Crippen LogP contribution is 2.38. The van der Waals surface area contributed by atoms with E-state index in [1.165, 1.54) is 0 Å². The van der Waals surface area contributed by atoms with Crippen LogP contribution >= 0.6 is 0 Å². The highest BCUT2D eigenvalue weighted by atomic mass is 16.6. The summed E-state index contributed by atoms with van der Waals surface area (Å²) in [7, 11) is 0. The van der Waals surface area contributed by atoms with Crippen LogP contribution in [0.1, 0.15) is 24.1 Å². The zero-order chi connectivity index (χ0) is 10.1. The summed E-state index contributed by atoms with van der Waals surface area (Å²) in [6, 6.07) is 3.94. The molecule has 76 valence electrons. The summed E-state index contributed by atoms with van der Waals surface area (Å²) in [6.45, 7) is 5.22. The lowest BCUT2D eigenvalue weighted by Gasteiger charge is -2.23. The summed E-state index contributed by atoms with van der Waals surface area (Å²) in [5.41, 5.74) is 8.12. The molecule has 0 aromatic heterocycles. The third-order valence-electron chi connectivity index (χ3n) is 2.42. The Morgan fingerprint density at radius 3 is 2.71 bits per heavy atom. The topological polar surface area (TPSA) is 44.5 Å². The van der Waals surface area contributed by atoms with E-state index in [2.05, 4.69) is 0 Å². The summed E-state index contributed by atoms with van der Waals surface area (Å²) < 4.78 is 11.1. The Bertz CT molecular complexity index is 347. The first kappa shape index (κ1) is 9.34. The van der Waals surface area contributed by atoms with Crippen LogP contribution in [0, 0.1) is 6.92 Å². The summed E-state index contributed by atoms with van der Waals surface area (Å²) in [4.78, 5) is 0. The molecular weight excluding hydrogens is 178 g/mol. The molecule has 0 saturated heterocycles. The normalized spacial score (nSPS) is 16.5. The second-order valence-electron chi connectivity index (χ2n) is 3.61. The summed E-state index contributed by atoms with van der Waals surface area (Å²) in [5.74, 6) is 1.64. The van der Waals surface area contributed by atoms with Crippen molar-refractivity contribution in [3.05, 3.63) is 23.3 Å². The fraction of sp³-hybridized carbons (Fsp3) is 0.455. The molecule has 3 heteroatoms. The first-order valence-corrected chi connectivity index (χ1v) is 4.85. The van der Waals surface area contributed by atoms with Gasteiger partial charge in [-0.3, -0.25) is 0 Å². The van der Waals surface area contributed by atoms with E-state index in [0.29, 0.717) is 13.2 Å². The van der Waals surface area contributed by atoms with Crippen LogP contribution < -0.4 is 15.2 Å². The van der Waals surface area contributed by atoms with Crippen molar-refractivity contribution in [3.8, 4) is 11.5 Å². The highest BCUT2D eigenvalue weighted by molar-refractivity contribution is 5.52. The Labute approximate surface area is 83.8 Å². The number of aryl methyl sites for hydroxylation is 1. The number of fused-ring (bicyclic) bond motifs is 1. The summed E-state index contributed by atoms with van der Waals surface area (Å²) in [6.07, 6.45) is 0. The van der Waals surface area contributed by atoms with Gasteiger partial charge in [0.1, 0.15) is 13.2 Å². The van der Waals surface area contributed by atoms with E-state index in [1.54, 1.807) is 0 Å². The molecule has 0 saturated carbocycles. The molecule has 2 N–H and O–H groups in total. The first-order chi connectivity index (χ1) is 6.70. The zero-order valence-corrected chi connectivity index (χ0v) is 8.54. The minimum atomic E-state index is -0.0216. The molecule has 1 aliphatic heterocycles. The van der Waals surface area contributed by atoms with Crippen molar-refractivity contribution in [1.29, 1.82) is 0 Å². The number of rotatable bonds is 1. The van der Waals surface area contributed by atoms with Crippen molar-refractivity contribution in [3.63, 3.8) is 0 Å². The molecule has 1 unspecified atom stereocenters. The standard InChI is InChI=1S/C11H15NO2/c1-7-3-4-9-11(10(7)8(2)12)14-6-5-13-9/h3-4,8H,5-6,12H2,1-2H3. The van der Waals surface area contributed by atoms with E-state index in [-0.39, 0.29) is 6.04 Å². The maximum atomic E-state index is 5.90. The number of nitrogens with two attached hydrogens (primary N) is 1. The van der Waals surface area contributed by atoms with Gasteiger partial charge in [-0.2, -0.15) is 0 Å². The smallest absolute Gasteiger partial charge is 0.166 e. The van der Waals surface area contributed by atoms with Gasteiger partial charge in [0.15, 0.2) is 11.5 Å². The van der Waals surface area contributed by atoms with Crippen LogP contribution in [-0.2, 0) is 0 Å². The van der Waals surface area contributed by atoms with Gasteiger partial charge in [-0.1, -0.05) is 6.07 Å². The van der Waals surface area contributed by atoms with E-state index < -0.39 is 0 Å². The van der Waals surface area contributed by atoms with Gasteiger partial charge < -0.3 is 15.2 Å². The van der Waals surface area contributed by atoms with Gasteiger partial charge >= 0.3 is 0 Å². The van der Waals surface area contributed by atoms with Gasteiger partial charge in [-0.05, 0) is 25.5 Å². The van der Waals surface area contributed by atoms with Gasteiger partial charge in [0.25, 0.3) is 0 Å². The van der Waals surface area contributed by atoms with Crippen molar-refractivity contribution in [1.82, 2.24) is 0 Å². The van der Waals surface area contributed by atoms with E-state index in [4.69, 9.17) is 15.2 Å². The third kappa shape index (κ3) is 1.44. The molecular formula is C11H15NO2. The van der Waals surface area contributed by atoms with Crippen LogP contribution in [0.2, 0.25) is 0 Å². The fourth-order valence-electron chi connectivity index (χ4n) is 1.80. The molecule has 0 aliphatic carbocycles. The van der Waals surface area contributed by atoms with E-state index in [1.807, 2.05) is 26.0 Å². The molecule has 1 aromatic carbocycles. The van der Waals surface area contributed by atoms with Crippen LogP contribution in [0.3, 0.4) is 0 Å². The van der Waals surface area contributed by atoms with E-state index >= 15 is 0 Å². The minimum absolute atomic E-state index is 0.0216. The van der Waals surface area contributed by atoms with E-state index in [9.17, 15) is 0 Å². The average molecular weight is 193 g/mol. The number of benzene rings is 1. The Morgan fingerprint density at radius 1 is 1.29 bits per heavy atom. The third-order valence-corrected chi connectivity index (χ3v) is 2.42. The van der Waals surface area contributed by atoms with Gasteiger partial charge in [0.2, 0.25) is 0 Å². The molecule has 2 rings (SSSR count). The molecule has 1 heterocycles. The highest BCUT2D eigenvalue weighted by Gasteiger charge is 2.19. The monoisotopic (exact) mass is 193 g/mol. The van der Waals surface area contributed by atoms with Gasteiger partial charge in [-0.15, -0.1) is 0 Å². The number of hydrogen-bond acceptors (Lipinski definition) is 3. The molecule has 3 nitrogen and oxygen atoms in total. The molecule has 1 aliphatic rings. The van der Waals surface area contributed by atoms with Crippen LogP contribution in [0.15, 0.2) is 12.1 Å². The maximum Gasteiger partial charge on any atom is 0.166 e. The Hall–Kier alpha value is -1.22. The van der Waals surface area contributed by atoms with Gasteiger partial charge in [-0.25, -0.2) is 0 Å². The lowest BCUT2D eigenvalue weighted by Crippen LogP contribution is -2.19. The van der Waals surface area contributed by atoms with Crippen molar-refractivity contribution >= 4 is 0 Å². The summed E-state index contributed by atoms with van der Waals surface area (Å²) >= 11 is 0. The quantitative estimate of drug-likeness (QED) is 0.739. The molecule has 0 bridgehead atoms. The predicted molar refractivity (Wildman–Crippen MR) is 54.8 cm³/mol. The van der Waals surface area contributed by atoms with Crippen LogP contribution in [0.4, 0.5) is 0 Å². The zero-order valence-electron chi connectivity index (χ0n) is 8.54. The Kier molecular flexibility index (Phi) is 2.33. The molecule has 14 heavy (non-hydrogen) atoms. The molecule has 0 radical (unpaired) electrons. The van der Waals surface area contributed by atoms with Crippen molar-refractivity contribution < 1.29 is 9.47 Å².